The SMILES string of the molecule is CCOC(=O)C(N)(CC[C@@H](CCl)OC1CCCCO1)C(=O)OCC. The summed E-state index contributed by atoms with van der Waals surface area (Å²) in [6, 6.07) is 0. The molecule has 140 valence electrons. The maximum Gasteiger partial charge on any atom is 0.337 e. The molecule has 0 saturated carbocycles. The molecule has 7 nitrogen and oxygen atoms in total. The van der Waals surface area contributed by atoms with E-state index in [0.717, 1.165) is 19.3 Å². The number of rotatable bonds is 10. The fourth-order valence-corrected chi connectivity index (χ4v) is 2.64. The molecule has 1 rings (SSSR count). The van der Waals surface area contributed by atoms with Crippen LogP contribution in [-0.2, 0) is 28.5 Å². The lowest BCUT2D eigenvalue weighted by molar-refractivity contribution is -0.186. The number of hydrogen-bond donors (Lipinski definition) is 1. The van der Waals surface area contributed by atoms with Gasteiger partial charge in [-0.05, 0) is 46.0 Å². The van der Waals surface area contributed by atoms with Gasteiger partial charge in [0.25, 0.3) is 0 Å². The molecule has 2 N–H and O–H groups in total. The van der Waals surface area contributed by atoms with Crippen molar-refractivity contribution in [3.05, 3.63) is 0 Å². The van der Waals surface area contributed by atoms with Gasteiger partial charge in [-0.25, -0.2) is 9.59 Å². The van der Waals surface area contributed by atoms with E-state index in [0.29, 0.717) is 13.0 Å². The monoisotopic (exact) mass is 365 g/mol. The molecule has 0 aliphatic carbocycles. The average Bonchev–Trinajstić information content (AvgIpc) is 2.59. The molecule has 0 amide bonds. The Labute approximate surface area is 148 Å². The van der Waals surface area contributed by atoms with Crippen LogP contribution >= 0.6 is 11.6 Å². The Morgan fingerprint density at radius 2 is 1.88 bits per heavy atom. The fraction of sp³-hybridized carbons (Fsp3) is 0.875. The molecule has 1 fully saturated rings. The van der Waals surface area contributed by atoms with Crippen molar-refractivity contribution in [2.45, 2.75) is 63.9 Å². The third-order valence-electron chi connectivity index (χ3n) is 3.79. The summed E-state index contributed by atoms with van der Waals surface area (Å²) < 4.78 is 21.2. The van der Waals surface area contributed by atoms with E-state index in [1.54, 1.807) is 13.8 Å². The molecule has 1 heterocycles. The third kappa shape index (κ3) is 6.20. The molecule has 0 aromatic rings. The lowest BCUT2D eigenvalue weighted by Crippen LogP contribution is -2.57. The van der Waals surface area contributed by atoms with Crippen molar-refractivity contribution in [1.29, 1.82) is 0 Å². The summed E-state index contributed by atoms with van der Waals surface area (Å²) in [5, 5.41) is 0. The maximum atomic E-state index is 12.1. The first kappa shape index (κ1) is 21.2. The van der Waals surface area contributed by atoms with Crippen LogP contribution in [0.1, 0.15) is 46.0 Å². The van der Waals surface area contributed by atoms with Gasteiger partial charge in [0.15, 0.2) is 6.29 Å². The first-order valence-corrected chi connectivity index (χ1v) is 8.97. The van der Waals surface area contributed by atoms with Crippen LogP contribution in [0.4, 0.5) is 0 Å². The number of carbonyl (C=O) groups excluding carboxylic acids is 2. The number of hydrogen-bond acceptors (Lipinski definition) is 7. The summed E-state index contributed by atoms with van der Waals surface area (Å²) in [5.41, 5.74) is 4.16. The van der Waals surface area contributed by atoms with Crippen molar-refractivity contribution in [2.75, 3.05) is 25.7 Å². The Kier molecular flexibility index (Phi) is 9.58. The second-order valence-corrected chi connectivity index (χ2v) is 5.97. The molecule has 0 radical (unpaired) electrons. The molecule has 2 atom stereocenters. The van der Waals surface area contributed by atoms with Gasteiger partial charge in [-0.3, -0.25) is 0 Å². The zero-order chi connectivity index (χ0) is 18.0. The largest absolute Gasteiger partial charge is 0.464 e. The minimum Gasteiger partial charge on any atom is -0.464 e. The summed E-state index contributed by atoms with van der Waals surface area (Å²) >= 11 is 5.94. The van der Waals surface area contributed by atoms with Gasteiger partial charge in [0.05, 0.1) is 19.3 Å². The third-order valence-corrected chi connectivity index (χ3v) is 4.14. The Bertz CT molecular complexity index is 382. The number of esters is 2. The standard InChI is InChI=1S/C16H28ClNO6/c1-3-21-14(19)16(18,15(20)22-4-2)9-8-12(11-17)24-13-7-5-6-10-23-13/h12-13H,3-11,18H2,1-2H3/t12-,13?/m0/s1. The van der Waals surface area contributed by atoms with Crippen molar-refractivity contribution in [3.8, 4) is 0 Å². The van der Waals surface area contributed by atoms with E-state index in [9.17, 15) is 9.59 Å². The summed E-state index contributed by atoms with van der Waals surface area (Å²) in [6.07, 6.45) is 2.51. The van der Waals surface area contributed by atoms with Crippen molar-refractivity contribution in [1.82, 2.24) is 0 Å². The molecule has 0 aromatic carbocycles. The Balaban J connectivity index is 2.66. The highest BCUT2D eigenvalue weighted by atomic mass is 35.5. The van der Waals surface area contributed by atoms with E-state index in [4.69, 9.17) is 36.3 Å². The number of alkyl halides is 1. The fourth-order valence-electron chi connectivity index (χ4n) is 2.41. The highest BCUT2D eigenvalue weighted by molar-refractivity contribution is 6.18. The molecule has 1 aliphatic rings. The number of ether oxygens (including phenoxy) is 4. The lowest BCUT2D eigenvalue weighted by Gasteiger charge is -2.29. The van der Waals surface area contributed by atoms with Gasteiger partial charge in [0.1, 0.15) is 0 Å². The highest BCUT2D eigenvalue weighted by Crippen LogP contribution is 2.22. The van der Waals surface area contributed by atoms with Crippen LogP contribution in [-0.4, -0.2) is 55.6 Å². The second kappa shape index (κ2) is 10.9. The quantitative estimate of drug-likeness (QED) is 0.357. The predicted molar refractivity (Wildman–Crippen MR) is 88.6 cm³/mol. The first-order chi connectivity index (χ1) is 11.5. The minimum atomic E-state index is -1.85. The second-order valence-electron chi connectivity index (χ2n) is 5.66. The summed E-state index contributed by atoms with van der Waals surface area (Å²) in [6.45, 7) is 4.21. The van der Waals surface area contributed by atoms with E-state index in [1.165, 1.54) is 0 Å². The normalized spacial score (nSPS) is 19.6. The summed E-state index contributed by atoms with van der Waals surface area (Å²) in [5.74, 6) is -1.39. The van der Waals surface area contributed by atoms with Crippen LogP contribution in [0.3, 0.4) is 0 Å². The van der Waals surface area contributed by atoms with Crippen molar-refractivity contribution >= 4 is 23.5 Å². The first-order valence-electron chi connectivity index (χ1n) is 8.44. The smallest absolute Gasteiger partial charge is 0.337 e. The molecule has 1 saturated heterocycles. The minimum absolute atomic E-state index is 0.0226. The zero-order valence-electron chi connectivity index (χ0n) is 14.4. The van der Waals surface area contributed by atoms with Gasteiger partial charge in [0.2, 0.25) is 5.54 Å². The average molecular weight is 366 g/mol. The maximum absolute atomic E-state index is 12.1. The van der Waals surface area contributed by atoms with E-state index in [1.807, 2.05) is 0 Å². The van der Waals surface area contributed by atoms with Gasteiger partial charge in [-0.2, -0.15) is 0 Å². The Morgan fingerprint density at radius 1 is 1.25 bits per heavy atom. The van der Waals surface area contributed by atoms with E-state index < -0.39 is 17.5 Å². The topological polar surface area (TPSA) is 97.1 Å². The van der Waals surface area contributed by atoms with Crippen LogP contribution in [0.25, 0.3) is 0 Å². The summed E-state index contributed by atoms with van der Waals surface area (Å²) in [7, 11) is 0. The van der Waals surface area contributed by atoms with Crippen LogP contribution in [0.5, 0.6) is 0 Å². The summed E-state index contributed by atoms with van der Waals surface area (Å²) in [4.78, 5) is 24.3. The number of carbonyl (C=O) groups is 2. The Hall–Kier alpha value is -0.890. The predicted octanol–water partition coefficient (Wildman–Crippen LogP) is 1.74. The Morgan fingerprint density at radius 3 is 2.33 bits per heavy atom. The van der Waals surface area contributed by atoms with E-state index in [2.05, 4.69) is 0 Å². The van der Waals surface area contributed by atoms with Gasteiger partial charge in [-0.1, -0.05) is 0 Å². The van der Waals surface area contributed by atoms with Gasteiger partial charge >= 0.3 is 11.9 Å². The molecule has 0 aromatic heterocycles. The molecule has 1 aliphatic heterocycles. The molecule has 0 spiro atoms. The van der Waals surface area contributed by atoms with Crippen molar-refractivity contribution in [3.63, 3.8) is 0 Å². The number of halogens is 1. The van der Waals surface area contributed by atoms with Gasteiger partial charge in [-0.15, -0.1) is 11.6 Å². The van der Waals surface area contributed by atoms with Crippen molar-refractivity contribution in [2.24, 2.45) is 5.73 Å². The van der Waals surface area contributed by atoms with Crippen LogP contribution in [0, 0.1) is 0 Å². The van der Waals surface area contributed by atoms with Crippen LogP contribution in [0.15, 0.2) is 0 Å². The van der Waals surface area contributed by atoms with Gasteiger partial charge < -0.3 is 24.7 Å². The molecular formula is C16H28ClNO6. The van der Waals surface area contributed by atoms with E-state index >= 15 is 0 Å². The van der Waals surface area contributed by atoms with Crippen LogP contribution < -0.4 is 5.73 Å². The molecule has 0 bridgehead atoms. The zero-order valence-corrected chi connectivity index (χ0v) is 15.2. The lowest BCUT2D eigenvalue weighted by atomic mass is 9.93. The molecular weight excluding hydrogens is 338 g/mol. The van der Waals surface area contributed by atoms with Gasteiger partial charge in [0, 0.05) is 12.5 Å². The number of nitrogens with two attached hydrogens (primary N) is 1. The molecule has 24 heavy (non-hydrogen) atoms. The van der Waals surface area contributed by atoms with Crippen LogP contribution in [0.2, 0.25) is 0 Å². The van der Waals surface area contributed by atoms with Crippen molar-refractivity contribution < 1.29 is 28.5 Å². The highest BCUT2D eigenvalue weighted by Gasteiger charge is 2.45. The van der Waals surface area contributed by atoms with E-state index in [-0.39, 0.29) is 37.9 Å². The molecule has 8 heteroatoms. The molecule has 1 unspecified atom stereocenters.